The van der Waals surface area contributed by atoms with Crippen molar-refractivity contribution in [3.8, 4) is 17.1 Å². The number of aromatic nitrogens is 3. The molecule has 3 aromatic rings. The van der Waals surface area contributed by atoms with E-state index in [1.54, 1.807) is 7.11 Å². The van der Waals surface area contributed by atoms with E-state index in [2.05, 4.69) is 75.1 Å². The van der Waals surface area contributed by atoms with Gasteiger partial charge in [0.1, 0.15) is 30.1 Å². The number of carbonyl (C=O) groups is 1. The van der Waals surface area contributed by atoms with Crippen molar-refractivity contribution in [3.63, 3.8) is 0 Å². The van der Waals surface area contributed by atoms with Gasteiger partial charge in [-0.3, -0.25) is 14.6 Å². The van der Waals surface area contributed by atoms with Gasteiger partial charge in [-0.05, 0) is 79.3 Å². The first-order chi connectivity index (χ1) is 22.3. The van der Waals surface area contributed by atoms with Gasteiger partial charge in [0, 0.05) is 18.8 Å². The van der Waals surface area contributed by atoms with E-state index < -0.39 is 5.97 Å². The average Bonchev–Trinajstić information content (AvgIpc) is 3.61. The predicted octanol–water partition coefficient (Wildman–Crippen LogP) is 6.51. The number of ether oxygens (including phenoxy) is 4. The molecule has 2 aromatic heterocycles. The van der Waals surface area contributed by atoms with Crippen LogP contribution in [0.1, 0.15) is 70.2 Å². The zero-order valence-corrected chi connectivity index (χ0v) is 28.2. The van der Waals surface area contributed by atoms with Crippen LogP contribution in [-0.4, -0.2) is 72.4 Å². The van der Waals surface area contributed by atoms with Crippen LogP contribution in [0.15, 0.2) is 18.2 Å². The number of methoxy groups -OCH3 is 1. The average molecular weight is 680 g/mol. The Hall–Kier alpha value is -3.28. The van der Waals surface area contributed by atoms with Gasteiger partial charge < -0.3 is 39.2 Å². The number of H-pyrrole nitrogens is 1. The van der Waals surface area contributed by atoms with Crippen molar-refractivity contribution >= 4 is 23.0 Å². The molecular weight excluding hydrogens is 635 g/mol. The summed E-state index contributed by atoms with van der Waals surface area (Å²) in [6.45, 7) is 20.1. The molecule has 253 valence electrons. The topological polar surface area (TPSA) is 135 Å². The summed E-state index contributed by atoms with van der Waals surface area (Å²) in [5, 5.41) is 10.5. The Bertz CT molecular complexity index is 1470. The molecule has 3 aliphatic rings. The minimum atomic E-state index is -0.523. The molecule has 12 nitrogen and oxygen atoms in total. The van der Waals surface area contributed by atoms with Crippen molar-refractivity contribution < 1.29 is 43.3 Å². The molecule has 13 heteroatoms. The standard InChI is InChI=1S/C29H36N5O4.C4H8NO.Co.O/c1-7-29(10-11-29)37-16-31-21-14-20(8-9-23(21)36-6)26-32-27-24(22(30-5)15-34(27)33-26)28(35)38-25-18(3)12-17(2)13-19(25)4;1-3-6-4-2-5-1;;/h8-9,14,17-19,25,31H,7,10-13,16H2,1-4,6H3,(H,32,33);1-4H2;;/q2*-1;;. The second kappa shape index (κ2) is 16.5. The first-order valence-corrected chi connectivity index (χ1v) is 16.2. The van der Waals surface area contributed by atoms with E-state index in [9.17, 15) is 4.79 Å². The molecule has 2 saturated carbocycles. The van der Waals surface area contributed by atoms with Gasteiger partial charge in [-0.2, -0.15) is 0 Å². The van der Waals surface area contributed by atoms with Crippen LogP contribution in [0.3, 0.4) is 0 Å². The van der Waals surface area contributed by atoms with Crippen LogP contribution in [0, 0.1) is 30.5 Å². The molecule has 1 aliphatic heterocycles. The van der Waals surface area contributed by atoms with Crippen LogP contribution in [0.4, 0.5) is 11.4 Å². The van der Waals surface area contributed by atoms with E-state index in [0.29, 0.717) is 29.9 Å². The molecule has 2 atom stereocenters. The molecule has 3 heterocycles. The number of aromatic amines is 1. The fraction of sp³-hybridized carbons (Fsp3) is 0.606. The Morgan fingerprint density at radius 1 is 1.24 bits per heavy atom. The number of morpholine rings is 1. The number of carbonyl (C=O) groups excluding carboxylic acids is 1. The summed E-state index contributed by atoms with van der Waals surface area (Å²) in [4.78, 5) is 21.6. The summed E-state index contributed by atoms with van der Waals surface area (Å²) in [5.74, 6) is 1.82. The summed E-state index contributed by atoms with van der Waals surface area (Å²) in [6, 6.07) is 5.67. The first kappa shape index (κ1) is 35.6. The van der Waals surface area contributed by atoms with E-state index >= 15 is 0 Å². The van der Waals surface area contributed by atoms with E-state index in [-0.39, 0.29) is 34.8 Å². The van der Waals surface area contributed by atoms with Crippen molar-refractivity contribution in [2.24, 2.45) is 17.8 Å². The fourth-order valence-electron chi connectivity index (χ4n) is 6.34. The van der Waals surface area contributed by atoms with E-state index in [1.807, 2.05) is 18.2 Å². The number of anilines is 1. The number of hydrogen-bond acceptors (Lipinski definition) is 8. The van der Waals surface area contributed by atoms with E-state index in [0.717, 1.165) is 69.7 Å². The van der Waals surface area contributed by atoms with Gasteiger partial charge >= 0.3 is 19.5 Å². The molecule has 0 bridgehead atoms. The van der Waals surface area contributed by atoms with E-state index in [1.165, 1.54) is 4.52 Å². The van der Waals surface area contributed by atoms with Gasteiger partial charge in [-0.15, -0.1) is 13.1 Å². The monoisotopic (exact) mass is 679 g/mol. The summed E-state index contributed by atoms with van der Waals surface area (Å²) in [5.41, 5.74) is 2.14. The van der Waals surface area contributed by atoms with Crippen molar-refractivity contribution in [3.05, 3.63) is 46.7 Å². The van der Waals surface area contributed by atoms with Crippen molar-refractivity contribution in [1.82, 2.24) is 14.6 Å². The van der Waals surface area contributed by atoms with Crippen LogP contribution in [0.25, 0.3) is 27.2 Å². The summed E-state index contributed by atoms with van der Waals surface area (Å²) < 4.78 is 32.0. The second-order valence-electron chi connectivity index (χ2n) is 12.3. The summed E-state index contributed by atoms with van der Waals surface area (Å²) >= 11 is 2.31. The van der Waals surface area contributed by atoms with Gasteiger partial charge in [0.15, 0.2) is 0 Å². The third kappa shape index (κ3) is 8.54. The first-order valence-electron chi connectivity index (χ1n) is 15.8. The number of nitrogens with zero attached hydrogens (tertiary/aromatic N) is 4. The number of nitrogens with one attached hydrogen (secondary N) is 2. The Morgan fingerprint density at radius 3 is 2.48 bits per heavy atom. The van der Waals surface area contributed by atoms with Crippen LogP contribution in [-0.2, 0) is 33.7 Å². The molecule has 46 heavy (non-hydrogen) atoms. The SMILES string of the molecule is C1COCC[N-]1.[C-]#[N+]c1[c-]n2[nH]c(-c3ccc(OC)c(NCOC4(CC)CC4)c3)nc2c1C(=O)OC1C(C)CC(C)CC1C.[O]=[Co]. The molecule has 1 aromatic carbocycles. The second-order valence-corrected chi connectivity index (χ2v) is 12.3. The Kier molecular flexibility index (Phi) is 12.8. The molecule has 0 amide bonds. The number of esters is 1. The Labute approximate surface area is 278 Å². The van der Waals surface area contributed by atoms with Crippen molar-refractivity contribution in [1.29, 1.82) is 0 Å². The Morgan fingerprint density at radius 2 is 1.93 bits per heavy atom. The molecule has 0 spiro atoms. The van der Waals surface area contributed by atoms with Crippen molar-refractivity contribution in [2.45, 2.75) is 71.5 Å². The minimum absolute atomic E-state index is 0.00534. The molecule has 2 unspecified atom stereocenters. The maximum absolute atomic E-state index is 13.4. The van der Waals surface area contributed by atoms with Gasteiger partial charge in [-0.1, -0.05) is 33.9 Å². The molecule has 0 radical (unpaired) electrons. The predicted molar refractivity (Wildman–Crippen MR) is 169 cm³/mol. The third-order valence-electron chi connectivity index (χ3n) is 8.91. The molecule has 1 saturated heterocycles. The molecule has 3 fully saturated rings. The Balaban J connectivity index is 0.000000531. The number of benzene rings is 1. The van der Waals surface area contributed by atoms with Crippen LogP contribution in [0.2, 0.25) is 0 Å². The van der Waals surface area contributed by atoms with Gasteiger partial charge in [0.25, 0.3) is 5.97 Å². The fourth-order valence-corrected chi connectivity index (χ4v) is 6.34. The number of rotatable bonds is 9. The zero-order chi connectivity index (χ0) is 33.3. The van der Waals surface area contributed by atoms with Crippen LogP contribution in [0.5, 0.6) is 5.75 Å². The van der Waals surface area contributed by atoms with Gasteiger partial charge in [-0.25, -0.2) is 0 Å². The molecular formula is C33H44CoN6O6-2. The van der Waals surface area contributed by atoms with Gasteiger partial charge in [0.05, 0.1) is 25.0 Å². The molecule has 6 rings (SSSR count). The summed E-state index contributed by atoms with van der Waals surface area (Å²) in [7, 11) is 1.62. The normalized spacial score (nSPS) is 23.2. The molecule has 2 aliphatic carbocycles. The molecule has 2 N–H and O–H groups in total. The maximum atomic E-state index is 13.4. The number of hydrogen-bond donors (Lipinski definition) is 2. The number of fused-ring (bicyclic) bond motifs is 1. The quantitative estimate of drug-likeness (QED) is 0.149. The van der Waals surface area contributed by atoms with Gasteiger partial charge in [0.2, 0.25) is 0 Å². The van der Waals surface area contributed by atoms with E-state index in [4.69, 9.17) is 29.4 Å². The van der Waals surface area contributed by atoms with Crippen molar-refractivity contribution in [2.75, 3.05) is 45.5 Å². The van der Waals surface area contributed by atoms with Crippen LogP contribution >= 0.6 is 0 Å². The third-order valence-corrected chi connectivity index (χ3v) is 8.91. The summed E-state index contributed by atoms with van der Waals surface area (Å²) in [6.07, 6.45) is 7.95. The van der Waals surface area contributed by atoms with Crippen LogP contribution < -0.4 is 10.1 Å². The zero-order valence-electron chi connectivity index (χ0n) is 27.2.